The summed E-state index contributed by atoms with van der Waals surface area (Å²) < 4.78 is 104. The van der Waals surface area contributed by atoms with Gasteiger partial charge in [-0.1, -0.05) is 163 Å². The highest BCUT2D eigenvalue weighted by atomic mass is 28.4. The molecule has 5 rings (SSSR count). The molecule has 30 heteroatoms. The molecule has 2 aromatic rings. The van der Waals surface area contributed by atoms with Gasteiger partial charge in [0.15, 0.2) is 61.5 Å². The molecule has 124 heavy (non-hydrogen) atoms. The fourth-order valence-corrected chi connectivity index (χ4v) is 20.4. The van der Waals surface area contributed by atoms with Crippen LogP contribution < -0.4 is 9.47 Å². The second-order valence-corrected chi connectivity index (χ2v) is 74.5. The Kier molecular flexibility index (Phi) is 42.1. The second kappa shape index (κ2) is 45.1. The summed E-state index contributed by atoms with van der Waals surface area (Å²) in [6.07, 6.45) is -5.01. The van der Waals surface area contributed by atoms with Gasteiger partial charge in [-0.2, -0.15) is 0 Å². The summed E-state index contributed by atoms with van der Waals surface area (Å²) in [7, 11) is -1.66. The molecular weight excluding hydrogens is 1680 g/mol. The summed E-state index contributed by atoms with van der Waals surface area (Å²) in [5.41, 5.74) is 0.646. The van der Waals surface area contributed by atoms with E-state index in [1.54, 1.807) is 35.5 Å². The minimum absolute atomic E-state index is 0.00312. The molecule has 24 nitrogen and oxygen atoms in total. The van der Waals surface area contributed by atoms with Crippen molar-refractivity contribution in [1.82, 2.24) is 10.1 Å². The van der Waals surface area contributed by atoms with Gasteiger partial charge in [0.1, 0.15) is 22.7 Å². The maximum Gasteiger partial charge on any atom is 0.248 e. The molecule has 2 N–H and O–H groups in total. The molecule has 2 aromatic carbocycles. The first-order valence-electron chi connectivity index (χ1n) is 45.1. The van der Waals surface area contributed by atoms with Gasteiger partial charge in [0, 0.05) is 90.2 Å². The summed E-state index contributed by atoms with van der Waals surface area (Å²) in [5, 5.41) is 26.8. The normalized spacial score (nSPS) is 23.1. The van der Waals surface area contributed by atoms with Crippen molar-refractivity contribution in [3.63, 3.8) is 0 Å². The molecule has 0 saturated carbocycles. The molecule has 724 valence electrons. The highest BCUT2D eigenvalue weighted by Crippen LogP contribution is 2.56. The van der Waals surface area contributed by atoms with Gasteiger partial charge >= 0.3 is 0 Å². The molecule has 0 spiro atoms. The van der Waals surface area contributed by atoms with Gasteiger partial charge in [0.25, 0.3) is 0 Å². The average molecular weight is 1860 g/mol. The zero-order valence-electron chi connectivity index (χ0n) is 86.7. The average Bonchev–Trinajstić information content (AvgIpc) is 1.58. The monoisotopic (exact) mass is 1860 g/mol. The molecule has 3 aliphatic heterocycles. The third kappa shape index (κ3) is 32.5. The summed E-state index contributed by atoms with van der Waals surface area (Å²) in [4.78, 5) is 37.4. The van der Waals surface area contributed by atoms with Crippen LogP contribution in [0.2, 0.25) is 109 Å². The van der Waals surface area contributed by atoms with Crippen LogP contribution in [0.15, 0.2) is 48.5 Å². The number of rotatable bonds is 44. The van der Waals surface area contributed by atoms with Gasteiger partial charge in [0.05, 0.1) is 117 Å². The number of hydrogen-bond donors (Lipinski definition) is 2. The molecule has 3 saturated heterocycles. The predicted octanol–water partition coefficient (Wildman–Crippen LogP) is 20.4. The first kappa shape index (κ1) is 116. The maximum atomic E-state index is 13.7. The maximum absolute atomic E-state index is 13.7. The van der Waals surface area contributed by atoms with Crippen LogP contribution in [0.4, 0.5) is 0 Å². The topological polar surface area (TPSA) is 254 Å². The van der Waals surface area contributed by atoms with Crippen molar-refractivity contribution in [3.8, 4) is 11.5 Å². The van der Waals surface area contributed by atoms with E-state index < -0.39 is 127 Å². The quantitative estimate of drug-likeness (QED) is 0.0271. The number of epoxide rings is 2. The number of hydrogen-bond acceptors (Lipinski definition) is 22. The van der Waals surface area contributed by atoms with Crippen LogP contribution in [0.3, 0.4) is 0 Å². The molecule has 0 bridgehead atoms. The van der Waals surface area contributed by atoms with Gasteiger partial charge in [-0.15, -0.1) is 0 Å². The number of aliphatic hydroxyl groups is 2. The van der Waals surface area contributed by atoms with Crippen molar-refractivity contribution in [1.29, 1.82) is 0 Å². The summed E-state index contributed by atoms with van der Waals surface area (Å²) in [6.45, 7) is 86.0. The standard InChI is InChI=1S/C46H87NO10Si3.C43H83NO10Si3.C5H12O2/c1-32(28-51-29-33-23-25-34(49-15)26-24-33)40-46(13,56-40)41(57-60(21,22)44(8,9)10)36(31-53-59(19,20)43(5,6)7)39-35(30-52-58(17,18)42(2,3)4)37(54-45(11,12)55-39)27-38(48)47(14)50-16;1-30(26-50-27-31-21-23-32(48-13)24-22-31)38-43(11,53-38)39(54-57(19,20)42(8,9)10)34(29-52-56(17,18)41(5,6)7)37(47)33(28-51-55(15,16)40(2,3)4)35(45)25-36(46)44(12)49-14;1-5(2,6-3)7-4/h23-26,32,35-37,39-41H,27-31H2,1-22H3;21-24,30,33-35,37-39,45,47H,25-29H2,1-20H3;1-4H3/t32-,35+,36-,37+,39+,40+,41-,46-;30-,33+,34-,35+,37+,38+,39-,43-;/m00./s1. The largest absolute Gasteiger partial charge is 0.497 e. The van der Waals surface area contributed by atoms with E-state index in [0.29, 0.717) is 39.6 Å². The van der Waals surface area contributed by atoms with Crippen LogP contribution in [0, 0.1) is 35.5 Å². The Labute approximate surface area is 760 Å². The van der Waals surface area contributed by atoms with Crippen molar-refractivity contribution < 1.29 is 103 Å². The van der Waals surface area contributed by atoms with E-state index in [1.807, 2.05) is 76.2 Å². The number of aliphatic hydroxyl groups excluding tert-OH is 2. The summed E-state index contributed by atoms with van der Waals surface area (Å²) >= 11 is 0. The van der Waals surface area contributed by atoms with Crippen molar-refractivity contribution in [2.45, 2.75) is 386 Å². The zero-order valence-corrected chi connectivity index (χ0v) is 92.7. The number of methoxy groups -OCH3 is 4. The van der Waals surface area contributed by atoms with Crippen LogP contribution in [-0.2, 0) is 96.9 Å². The van der Waals surface area contributed by atoms with Gasteiger partial charge in [-0.25, -0.2) is 10.1 Å². The SMILES string of the molecule is COC(C)(C)OC.COc1ccc(COC[C@H](C)[C@H]2O[C@]2(C)[C@@H](O[Si](C)(C)C(C)(C)C)[C@@H](CO[Si](C)(C)C(C)(C)C)[C@@H]2OC(C)(C)O[C@H](CC(=O)N(C)OC)[C@H]2CO[Si](C)(C)C(C)(C)C)cc1.COc1ccc(COC[C@H](C)[C@H]2O[C@]2(C)[C@@H](O[Si](C)(C)C(C)(C)C)[C@@H](CO[Si](C)(C)C(C)(C)C)[C@H](O)[C@H](CO[Si](C)(C)C(C)(C)C)[C@H](O)CC(=O)N(C)OC)cc1. The molecule has 3 aliphatic rings. The highest BCUT2D eigenvalue weighted by Gasteiger charge is 2.68. The Morgan fingerprint density at radius 3 is 1.13 bits per heavy atom. The third-order valence-electron chi connectivity index (χ3n) is 29.1. The molecule has 2 amide bonds. The van der Waals surface area contributed by atoms with Crippen LogP contribution in [-0.4, -0.2) is 250 Å². The van der Waals surface area contributed by atoms with E-state index in [4.69, 9.17) is 83.6 Å². The van der Waals surface area contributed by atoms with E-state index in [0.717, 1.165) is 27.7 Å². The number of benzene rings is 2. The predicted molar refractivity (Wildman–Crippen MR) is 514 cm³/mol. The minimum atomic E-state index is -2.52. The van der Waals surface area contributed by atoms with Crippen molar-refractivity contribution in [3.05, 3.63) is 59.7 Å². The van der Waals surface area contributed by atoms with Crippen LogP contribution in [0.25, 0.3) is 0 Å². The Bertz CT molecular complexity index is 3520. The molecule has 3 heterocycles. The van der Waals surface area contributed by atoms with Gasteiger partial charge in [-0.05, 0) is 186 Å². The second-order valence-electron chi connectivity index (χ2n) is 45.7. The van der Waals surface area contributed by atoms with Crippen LogP contribution in [0.5, 0.6) is 11.5 Å². The first-order valence-corrected chi connectivity index (χ1v) is 62.6. The third-order valence-corrected chi connectivity index (χ3v) is 56.0. The zero-order chi connectivity index (χ0) is 96.2. The van der Waals surface area contributed by atoms with E-state index in [1.165, 1.54) is 26.3 Å². The molecule has 16 atom stereocenters. The number of carbonyl (C=O) groups is 2. The Balaban J connectivity index is 0.000000594. The molecule has 0 unspecified atom stereocenters. The van der Waals surface area contributed by atoms with Gasteiger partial charge < -0.3 is 84.1 Å². The van der Waals surface area contributed by atoms with Crippen molar-refractivity contribution >= 4 is 61.7 Å². The number of nitrogens with zero attached hydrogens (tertiary/aromatic N) is 2. The lowest BCUT2D eigenvalue weighted by Crippen LogP contribution is -2.62. The number of carbonyl (C=O) groups excluding carboxylic acids is 2. The molecule has 0 aromatic heterocycles. The Hall–Kier alpha value is -2.44. The summed E-state index contributed by atoms with van der Waals surface area (Å²) in [5.74, 6) is -2.49. The lowest BCUT2D eigenvalue weighted by molar-refractivity contribution is -0.338. The number of amides is 2. The van der Waals surface area contributed by atoms with Crippen molar-refractivity contribution in [2.75, 3.05) is 96.4 Å². The van der Waals surface area contributed by atoms with E-state index in [2.05, 4.69) is 231 Å². The first-order chi connectivity index (χ1) is 56.0. The molecule has 0 aliphatic carbocycles. The van der Waals surface area contributed by atoms with Gasteiger partial charge in [-0.3, -0.25) is 19.3 Å². The van der Waals surface area contributed by atoms with E-state index >= 15 is 0 Å². The molecular formula is C94H182N2O22Si6. The summed E-state index contributed by atoms with van der Waals surface area (Å²) in [6, 6.07) is 15.8. The molecule has 0 radical (unpaired) electrons. The minimum Gasteiger partial charge on any atom is -0.497 e. The highest BCUT2D eigenvalue weighted by molar-refractivity contribution is 6.76. The number of hydroxylamine groups is 4. The van der Waals surface area contributed by atoms with E-state index in [-0.39, 0.29) is 98.1 Å². The van der Waals surface area contributed by atoms with Gasteiger partial charge in [0.2, 0.25) is 11.8 Å². The smallest absolute Gasteiger partial charge is 0.248 e. The molecule has 3 fully saturated rings. The van der Waals surface area contributed by atoms with Crippen LogP contribution >= 0.6 is 0 Å². The lowest BCUT2D eigenvalue weighted by atomic mass is 9.77. The van der Waals surface area contributed by atoms with Crippen molar-refractivity contribution in [2.24, 2.45) is 35.5 Å². The fraction of sp³-hybridized carbons (Fsp3) is 0.851. The number of ether oxygens (including phenoxy) is 10. The Morgan fingerprint density at radius 1 is 0.444 bits per heavy atom. The van der Waals surface area contributed by atoms with E-state index in [9.17, 15) is 19.8 Å². The Morgan fingerprint density at radius 2 is 0.782 bits per heavy atom. The lowest BCUT2D eigenvalue weighted by Gasteiger charge is -2.52. The fourth-order valence-electron chi connectivity index (χ4n) is 13.4. The van der Waals surface area contributed by atoms with Crippen LogP contribution in [0.1, 0.15) is 204 Å².